The van der Waals surface area contributed by atoms with E-state index in [1.165, 1.54) is 0 Å². The van der Waals surface area contributed by atoms with Crippen molar-refractivity contribution < 1.29 is 19.0 Å². The van der Waals surface area contributed by atoms with E-state index in [9.17, 15) is 4.79 Å². The Morgan fingerprint density at radius 1 is 1.12 bits per heavy atom. The van der Waals surface area contributed by atoms with Crippen LogP contribution in [0.3, 0.4) is 0 Å². The maximum Gasteiger partial charge on any atom is 0.337 e. The van der Waals surface area contributed by atoms with Crippen LogP contribution in [-0.2, 0) is 11.2 Å². The van der Waals surface area contributed by atoms with Gasteiger partial charge in [0.25, 0.3) is 0 Å². The molecule has 2 aromatic carbocycles. The van der Waals surface area contributed by atoms with Crippen LogP contribution in [0.25, 0.3) is 0 Å². The number of hydrogen-bond acceptors (Lipinski definition) is 6. The Morgan fingerprint density at radius 3 is 2.41 bits per heavy atom. The summed E-state index contributed by atoms with van der Waals surface area (Å²) >= 11 is 0. The topological polar surface area (TPSA) is 75.6 Å². The van der Waals surface area contributed by atoms with Crippen molar-refractivity contribution in [3.8, 4) is 11.5 Å². The van der Waals surface area contributed by atoms with Crippen LogP contribution >= 0.6 is 0 Å². The van der Waals surface area contributed by atoms with Crippen LogP contribution < -0.4 is 19.7 Å². The molecular formula is C26H34N4O4. The number of fused-ring (bicyclic) bond motifs is 1. The maximum atomic E-state index is 12.9. The Morgan fingerprint density at radius 2 is 1.79 bits per heavy atom. The smallest absolute Gasteiger partial charge is 0.337 e. The molecule has 2 aliphatic rings. The fourth-order valence-electron chi connectivity index (χ4n) is 4.64. The van der Waals surface area contributed by atoms with E-state index >= 15 is 0 Å². The molecule has 1 atom stereocenters. The Bertz CT molecular complexity index is 1030. The highest BCUT2D eigenvalue weighted by molar-refractivity contribution is 6.14. The van der Waals surface area contributed by atoms with Gasteiger partial charge in [0.1, 0.15) is 0 Å². The summed E-state index contributed by atoms with van der Waals surface area (Å²) in [4.78, 5) is 15.2. The predicted octanol–water partition coefficient (Wildman–Crippen LogP) is 3.66. The van der Waals surface area contributed by atoms with Gasteiger partial charge in [-0.3, -0.25) is 0 Å². The van der Waals surface area contributed by atoms with Gasteiger partial charge >= 0.3 is 6.03 Å². The van der Waals surface area contributed by atoms with Crippen LogP contribution in [0.4, 0.5) is 10.5 Å². The van der Waals surface area contributed by atoms with E-state index in [0.717, 1.165) is 67.2 Å². The van der Waals surface area contributed by atoms with Gasteiger partial charge in [-0.2, -0.15) is 5.10 Å². The molecule has 2 heterocycles. The molecule has 2 aromatic rings. The zero-order valence-corrected chi connectivity index (χ0v) is 20.5. The van der Waals surface area contributed by atoms with Crippen molar-refractivity contribution in [1.82, 2.24) is 10.3 Å². The molecule has 0 spiro atoms. The molecule has 182 valence electrons. The zero-order valence-electron chi connectivity index (χ0n) is 20.5. The number of carbonyl (C=O) groups is 1. The highest BCUT2D eigenvalue weighted by Crippen LogP contribution is 2.35. The third-order valence-electron chi connectivity index (χ3n) is 6.43. The van der Waals surface area contributed by atoms with Gasteiger partial charge in [-0.25, -0.2) is 9.80 Å². The number of nitrogens with one attached hydrogen (secondary N) is 1. The van der Waals surface area contributed by atoms with E-state index in [-0.39, 0.29) is 12.1 Å². The average molecular weight is 467 g/mol. The highest BCUT2D eigenvalue weighted by Gasteiger charge is 2.30. The van der Waals surface area contributed by atoms with Gasteiger partial charge in [-0.05, 0) is 42.7 Å². The number of benzene rings is 2. The van der Waals surface area contributed by atoms with Crippen molar-refractivity contribution in [2.24, 2.45) is 5.10 Å². The van der Waals surface area contributed by atoms with E-state index in [4.69, 9.17) is 19.3 Å². The molecule has 8 heteroatoms. The minimum absolute atomic E-state index is 0.0630. The molecule has 4 rings (SSSR count). The molecule has 0 saturated carbocycles. The summed E-state index contributed by atoms with van der Waals surface area (Å²) in [6, 6.07) is 12.1. The standard InChI is InChI=1S/C26H34N4O4/c1-5-6-21-15-19-16-23(32-3)24(33-4)17-22(19)25(28-30(21)26(31)27-2)18-7-9-20(10-8-18)29-11-13-34-14-12-29/h7-10,16-17,21H,5-6,11-15H2,1-4H3,(H,27,31)/t21-/m0/s1. The molecule has 0 aliphatic carbocycles. The van der Waals surface area contributed by atoms with Crippen LogP contribution in [0.5, 0.6) is 11.5 Å². The van der Waals surface area contributed by atoms with Gasteiger partial charge < -0.3 is 24.4 Å². The van der Waals surface area contributed by atoms with Crippen molar-refractivity contribution >= 4 is 17.4 Å². The number of morpholine rings is 1. The van der Waals surface area contributed by atoms with Crippen LogP contribution in [0.1, 0.15) is 36.5 Å². The van der Waals surface area contributed by atoms with E-state index in [0.29, 0.717) is 17.9 Å². The third-order valence-corrected chi connectivity index (χ3v) is 6.43. The lowest BCUT2D eigenvalue weighted by molar-refractivity contribution is 0.122. The fourth-order valence-corrected chi connectivity index (χ4v) is 4.64. The lowest BCUT2D eigenvalue weighted by Gasteiger charge is -2.29. The monoisotopic (exact) mass is 466 g/mol. The average Bonchev–Trinajstić information content (AvgIpc) is 3.04. The molecule has 34 heavy (non-hydrogen) atoms. The number of amides is 2. The molecule has 8 nitrogen and oxygen atoms in total. The van der Waals surface area contributed by atoms with Gasteiger partial charge in [0, 0.05) is 37.0 Å². The first-order valence-electron chi connectivity index (χ1n) is 11.9. The van der Waals surface area contributed by atoms with Crippen molar-refractivity contribution in [2.75, 3.05) is 52.5 Å². The van der Waals surface area contributed by atoms with Gasteiger partial charge in [0.2, 0.25) is 0 Å². The predicted molar refractivity (Wildman–Crippen MR) is 133 cm³/mol. The van der Waals surface area contributed by atoms with E-state index < -0.39 is 0 Å². The zero-order chi connectivity index (χ0) is 24.1. The minimum atomic E-state index is -0.215. The third kappa shape index (κ3) is 4.82. The van der Waals surface area contributed by atoms with Crippen LogP contribution in [0.2, 0.25) is 0 Å². The van der Waals surface area contributed by atoms with E-state index in [1.807, 2.05) is 12.1 Å². The molecule has 1 fully saturated rings. The minimum Gasteiger partial charge on any atom is -0.493 e. The summed E-state index contributed by atoms with van der Waals surface area (Å²) in [5, 5.41) is 9.30. The summed E-state index contributed by atoms with van der Waals surface area (Å²) in [5.41, 5.74) is 4.87. The Balaban J connectivity index is 1.82. The number of hydrogen-bond donors (Lipinski definition) is 1. The second-order valence-electron chi connectivity index (χ2n) is 8.51. The van der Waals surface area contributed by atoms with Crippen molar-refractivity contribution in [2.45, 2.75) is 32.2 Å². The van der Waals surface area contributed by atoms with E-state index in [1.54, 1.807) is 26.3 Å². The molecular weight excluding hydrogens is 432 g/mol. The largest absolute Gasteiger partial charge is 0.493 e. The Hall–Kier alpha value is -3.26. The molecule has 0 aromatic heterocycles. The molecule has 0 bridgehead atoms. The van der Waals surface area contributed by atoms with Crippen molar-refractivity contribution in [3.63, 3.8) is 0 Å². The van der Waals surface area contributed by atoms with Crippen LogP contribution in [-0.4, -0.2) is 70.4 Å². The number of anilines is 1. The summed E-state index contributed by atoms with van der Waals surface area (Å²) in [6.45, 7) is 5.36. The van der Waals surface area contributed by atoms with Crippen molar-refractivity contribution in [1.29, 1.82) is 0 Å². The Kier molecular flexibility index (Phi) is 7.57. The first-order valence-corrected chi connectivity index (χ1v) is 11.9. The number of nitrogens with zero attached hydrogens (tertiary/aromatic N) is 3. The summed E-state index contributed by atoms with van der Waals surface area (Å²) in [7, 11) is 4.91. The highest BCUT2D eigenvalue weighted by atomic mass is 16.5. The Labute approximate surface area is 201 Å². The second kappa shape index (κ2) is 10.8. The molecule has 1 saturated heterocycles. The van der Waals surface area contributed by atoms with Gasteiger partial charge in [-0.1, -0.05) is 25.5 Å². The maximum absolute atomic E-state index is 12.9. The number of hydrazone groups is 1. The number of urea groups is 1. The van der Waals surface area contributed by atoms with Crippen LogP contribution in [0.15, 0.2) is 41.5 Å². The van der Waals surface area contributed by atoms with Gasteiger partial charge in [-0.15, -0.1) is 0 Å². The quantitative estimate of drug-likeness (QED) is 0.703. The van der Waals surface area contributed by atoms with Gasteiger partial charge in [0.05, 0.1) is 39.2 Å². The normalized spacial score (nSPS) is 18.0. The number of rotatable bonds is 6. The number of carbonyl (C=O) groups excluding carboxylic acids is 1. The first-order chi connectivity index (χ1) is 16.6. The second-order valence-corrected chi connectivity index (χ2v) is 8.51. The first kappa shape index (κ1) is 23.9. The number of ether oxygens (including phenoxy) is 3. The molecule has 0 unspecified atom stereocenters. The lowest BCUT2D eigenvalue weighted by atomic mass is 9.92. The number of methoxy groups -OCH3 is 2. The summed E-state index contributed by atoms with van der Waals surface area (Å²) in [6.07, 6.45) is 2.46. The van der Waals surface area contributed by atoms with Crippen LogP contribution in [0, 0.1) is 0 Å². The molecule has 2 aliphatic heterocycles. The summed E-state index contributed by atoms with van der Waals surface area (Å²) < 4.78 is 16.7. The van der Waals surface area contributed by atoms with E-state index in [2.05, 4.69) is 41.4 Å². The SMILES string of the molecule is CCC[C@H]1Cc2cc(OC)c(OC)cc2C(c2ccc(N3CCOCC3)cc2)=NN1C(=O)NC. The molecule has 0 radical (unpaired) electrons. The molecule has 2 amide bonds. The lowest BCUT2D eigenvalue weighted by Crippen LogP contribution is -2.42. The van der Waals surface area contributed by atoms with Gasteiger partial charge in [0.15, 0.2) is 11.5 Å². The fraction of sp³-hybridized carbons (Fsp3) is 0.462. The summed E-state index contributed by atoms with van der Waals surface area (Å²) in [5.74, 6) is 1.31. The van der Waals surface area contributed by atoms with Crippen molar-refractivity contribution in [3.05, 3.63) is 53.1 Å². The molecule has 1 N–H and O–H groups in total.